The summed E-state index contributed by atoms with van der Waals surface area (Å²) in [6.07, 6.45) is 0. The van der Waals surface area contributed by atoms with Crippen molar-refractivity contribution in [2.24, 2.45) is 0 Å². The first-order valence-electron chi connectivity index (χ1n) is 6.65. The number of carbonyl (C=O) groups is 1. The number of nitrogens with zero attached hydrogens (tertiary/aromatic N) is 3. The van der Waals surface area contributed by atoms with Crippen LogP contribution in [0.3, 0.4) is 0 Å². The predicted molar refractivity (Wildman–Crippen MR) is 96.8 cm³/mol. The average molecular weight is 383 g/mol. The number of hydrogen-bond donors (Lipinski definition) is 1. The lowest BCUT2D eigenvalue weighted by molar-refractivity contribution is 0.102. The highest BCUT2D eigenvalue weighted by Gasteiger charge is 2.14. The minimum Gasteiger partial charge on any atom is -0.295 e. The normalized spacial score (nSPS) is 10.7. The van der Waals surface area contributed by atoms with Crippen molar-refractivity contribution in [3.63, 3.8) is 0 Å². The summed E-state index contributed by atoms with van der Waals surface area (Å²) in [4.78, 5) is 16.6. The van der Waals surface area contributed by atoms with Gasteiger partial charge in [-0.2, -0.15) is 0 Å². The van der Waals surface area contributed by atoms with Crippen LogP contribution in [0.4, 0.5) is 5.13 Å². The van der Waals surface area contributed by atoms with E-state index in [2.05, 4.69) is 20.5 Å². The van der Waals surface area contributed by atoms with Crippen molar-refractivity contribution in [1.82, 2.24) is 15.2 Å². The molecule has 0 aliphatic carbocycles. The number of halogens is 1. The van der Waals surface area contributed by atoms with Crippen LogP contribution in [0.1, 0.15) is 17.4 Å². The Morgan fingerprint density at radius 2 is 2.09 bits per heavy atom. The van der Waals surface area contributed by atoms with Crippen molar-refractivity contribution in [2.75, 3.05) is 11.1 Å². The molecule has 5 nitrogen and oxygen atoms in total. The van der Waals surface area contributed by atoms with Gasteiger partial charge >= 0.3 is 0 Å². The van der Waals surface area contributed by atoms with E-state index >= 15 is 0 Å². The first-order chi connectivity index (χ1) is 11.2. The summed E-state index contributed by atoms with van der Waals surface area (Å²) in [5.74, 6) is 0.629. The molecule has 3 rings (SSSR count). The molecular formula is C14H11ClN4OS3. The molecule has 0 aliphatic rings. The molecule has 23 heavy (non-hydrogen) atoms. The highest BCUT2D eigenvalue weighted by Crippen LogP contribution is 2.27. The Kier molecular flexibility index (Phi) is 5.27. The SMILES string of the molecule is CCSc1nnc(NC(=O)c2csc(-c3ccc(Cl)cc3)n2)s1. The number of hydrogen-bond acceptors (Lipinski definition) is 7. The van der Waals surface area contributed by atoms with E-state index in [-0.39, 0.29) is 5.91 Å². The molecule has 9 heteroatoms. The standard InChI is InChI=1S/C14H11ClN4OS3/c1-2-21-14-19-18-13(23-14)17-11(20)10-7-22-12(16-10)8-3-5-9(15)6-4-8/h3-7H,2H2,1H3,(H,17,18,20). The summed E-state index contributed by atoms with van der Waals surface area (Å²) in [6.45, 7) is 2.04. The molecule has 0 spiro atoms. The van der Waals surface area contributed by atoms with E-state index in [1.165, 1.54) is 22.7 Å². The summed E-state index contributed by atoms with van der Waals surface area (Å²) in [5, 5.41) is 14.3. The van der Waals surface area contributed by atoms with Gasteiger partial charge in [-0.15, -0.1) is 21.5 Å². The molecule has 0 unspecified atom stereocenters. The van der Waals surface area contributed by atoms with Crippen LogP contribution in [0.25, 0.3) is 10.6 Å². The molecular weight excluding hydrogens is 372 g/mol. The van der Waals surface area contributed by atoms with Gasteiger partial charge in [0.2, 0.25) is 5.13 Å². The highest BCUT2D eigenvalue weighted by atomic mass is 35.5. The van der Waals surface area contributed by atoms with Crippen LogP contribution in [0.5, 0.6) is 0 Å². The number of amides is 1. The van der Waals surface area contributed by atoms with Gasteiger partial charge in [0, 0.05) is 16.0 Å². The van der Waals surface area contributed by atoms with Crippen molar-refractivity contribution in [3.05, 3.63) is 40.4 Å². The zero-order valence-electron chi connectivity index (χ0n) is 11.9. The van der Waals surface area contributed by atoms with Crippen molar-refractivity contribution in [3.8, 4) is 10.6 Å². The molecule has 0 radical (unpaired) electrons. The van der Waals surface area contributed by atoms with Crippen molar-refractivity contribution < 1.29 is 4.79 Å². The molecule has 0 atom stereocenters. The molecule has 118 valence electrons. The minimum absolute atomic E-state index is 0.286. The summed E-state index contributed by atoms with van der Waals surface area (Å²) in [7, 11) is 0. The quantitative estimate of drug-likeness (QED) is 0.512. The van der Waals surface area contributed by atoms with Crippen LogP contribution in [-0.2, 0) is 0 Å². The molecule has 0 saturated carbocycles. The van der Waals surface area contributed by atoms with E-state index in [9.17, 15) is 4.79 Å². The molecule has 3 aromatic rings. The van der Waals surface area contributed by atoms with Crippen LogP contribution >= 0.6 is 46.0 Å². The largest absolute Gasteiger partial charge is 0.295 e. The van der Waals surface area contributed by atoms with Gasteiger partial charge in [-0.3, -0.25) is 10.1 Å². The molecule has 0 saturated heterocycles. The number of anilines is 1. The Morgan fingerprint density at radius 1 is 1.30 bits per heavy atom. The molecule has 0 aliphatic heterocycles. The van der Waals surface area contributed by atoms with Crippen LogP contribution in [0.15, 0.2) is 34.0 Å². The lowest BCUT2D eigenvalue weighted by Crippen LogP contribution is -2.12. The van der Waals surface area contributed by atoms with Gasteiger partial charge in [-0.1, -0.05) is 53.8 Å². The van der Waals surface area contributed by atoms with Crippen molar-refractivity contribution >= 4 is 57.1 Å². The van der Waals surface area contributed by atoms with Gasteiger partial charge in [0.05, 0.1) is 0 Å². The van der Waals surface area contributed by atoms with Gasteiger partial charge in [-0.05, 0) is 17.9 Å². The molecule has 0 bridgehead atoms. The predicted octanol–water partition coefficient (Wildman–Crippen LogP) is 4.68. The number of nitrogens with one attached hydrogen (secondary N) is 1. The summed E-state index contributed by atoms with van der Waals surface area (Å²) >= 11 is 10.2. The Morgan fingerprint density at radius 3 is 2.83 bits per heavy atom. The van der Waals surface area contributed by atoms with E-state index in [4.69, 9.17) is 11.6 Å². The number of thiazole rings is 1. The Balaban J connectivity index is 1.71. The number of thioether (sulfide) groups is 1. The van der Waals surface area contributed by atoms with Gasteiger partial charge in [-0.25, -0.2) is 4.98 Å². The Labute approximate surface area is 150 Å². The van der Waals surface area contributed by atoms with Crippen LogP contribution in [0, 0.1) is 0 Å². The van der Waals surface area contributed by atoms with Gasteiger partial charge in [0.25, 0.3) is 5.91 Å². The summed E-state index contributed by atoms with van der Waals surface area (Å²) < 4.78 is 0.836. The molecule has 1 N–H and O–H groups in total. The van der Waals surface area contributed by atoms with Gasteiger partial charge < -0.3 is 0 Å². The van der Waals surface area contributed by atoms with E-state index in [0.717, 1.165) is 20.7 Å². The molecule has 2 heterocycles. The fourth-order valence-electron chi connectivity index (χ4n) is 1.71. The Hall–Kier alpha value is -1.48. The van der Waals surface area contributed by atoms with Crippen LogP contribution < -0.4 is 5.32 Å². The topological polar surface area (TPSA) is 67.8 Å². The van der Waals surface area contributed by atoms with Crippen molar-refractivity contribution in [1.29, 1.82) is 0 Å². The maximum absolute atomic E-state index is 12.2. The van der Waals surface area contributed by atoms with Crippen LogP contribution in [-0.4, -0.2) is 26.8 Å². The zero-order valence-corrected chi connectivity index (χ0v) is 15.2. The minimum atomic E-state index is -0.286. The summed E-state index contributed by atoms with van der Waals surface area (Å²) in [6, 6.07) is 7.35. The average Bonchev–Trinajstić information content (AvgIpc) is 3.18. The lowest BCUT2D eigenvalue weighted by Gasteiger charge is -1.97. The third kappa shape index (κ3) is 4.08. The molecule has 1 aromatic carbocycles. The summed E-state index contributed by atoms with van der Waals surface area (Å²) in [5.41, 5.74) is 1.29. The van der Waals surface area contributed by atoms with E-state index < -0.39 is 0 Å². The van der Waals surface area contributed by atoms with E-state index in [1.54, 1.807) is 29.3 Å². The number of carbonyl (C=O) groups excluding carboxylic acids is 1. The van der Waals surface area contributed by atoms with E-state index in [1.807, 2.05) is 19.1 Å². The highest BCUT2D eigenvalue weighted by molar-refractivity contribution is 8.01. The monoisotopic (exact) mass is 382 g/mol. The number of aromatic nitrogens is 3. The lowest BCUT2D eigenvalue weighted by atomic mass is 10.2. The second kappa shape index (κ2) is 7.39. The third-order valence-corrected chi connectivity index (χ3v) is 5.72. The maximum Gasteiger partial charge on any atom is 0.276 e. The number of benzene rings is 1. The van der Waals surface area contributed by atoms with E-state index in [0.29, 0.717) is 15.8 Å². The van der Waals surface area contributed by atoms with Crippen LogP contribution in [0.2, 0.25) is 5.02 Å². The maximum atomic E-state index is 12.2. The third-order valence-electron chi connectivity index (χ3n) is 2.72. The smallest absolute Gasteiger partial charge is 0.276 e. The number of rotatable bonds is 5. The fourth-order valence-corrected chi connectivity index (χ4v) is 4.28. The second-order valence-corrected chi connectivity index (χ2v) is 8.09. The van der Waals surface area contributed by atoms with Gasteiger partial charge in [0.15, 0.2) is 4.34 Å². The zero-order chi connectivity index (χ0) is 16.2. The Bertz CT molecular complexity index is 816. The molecule has 0 fully saturated rings. The second-order valence-electron chi connectivity index (χ2n) is 4.31. The first-order valence-corrected chi connectivity index (χ1v) is 9.71. The van der Waals surface area contributed by atoms with Crippen molar-refractivity contribution in [2.45, 2.75) is 11.3 Å². The fraction of sp³-hybridized carbons (Fsp3) is 0.143. The van der Waals surface area contributed by atoms with Gasteiger partial charge in [0.1, 0.15) is 10.7 Å². The first kappa shape index (κ1) is 16.4. The molecule has 2 aromatic heterocycles. The molecule has 1 amide bonds.